The molecule has 26 heavy (non-hydrogen) atoms. The van der Waals surface area contributed by atoms with E-state index in [0.717, 1.165) is 37.2 Å². The van der Waals surface area contributed by atoms with E-state index in [-0.39, 0.29) is 5.91 Å². The van der Waals surface area contributed by atoms with Gasteiger partial charge < -0.3 is 10.6 Å². The molecule has 2 aromatic heterocycles. The lowest BCUT2D eigenvalue weighted by atomic mass is 10.1. The van der Waals surface area contributed by atoms with Crippen molar-refractivity contribution < 1.29 is 4.79 Å². The molecule has 0 saturated carbocycles. The van der Waals surface area contributed by atoms with Crippen LogP contribution in [0.25, 0.3) is 5.69 Å². The van der Waals surface area contributed by atoms with Gasteiger partial charge in [-0.05, 0) is 49.7 Å². The highest BCUT2D eigenvalue weighted by atomic mass is 16.2. The molecule has 1 aliphatic heterocycles. The maximum atomic E-state index is 12.3. The molecule has 0 bridgehead atoms. The van der Waals surface area contributed by atoms with E-state index in [9.17, 15) is 4.79 Å². The summed E-state index contributed by atoms with van der Waals surface area (Å²) in [6.07, 6.45) is 7.39. The molecule has 8 nitrogen and oxygen atoms in total. The first-order valence-corrected chi connectivity index (χ1v) is 8.79. The van der Waals surface area contributed by atoms with Crippen LogP contribution in [-0.4, -0.2) is 43.8 Å². The molecule has 134 valence electrons. The molecule has 0 unspecified atom stereocenters. The predicted octanol–water partition coefficient (Wildman–Crippen LogP) is 1.32. The molecule has 4 rings (SSSR count). The summed E-state index contributed by atoms with van der Waals surface area (Å²) < 4.78 is 3.61. The summed E-state index contributed by atoms with van der Waals surface area (Å²) in [5, 5.41) is 18.6. The van der Waals surface area contributed by atoms with Gasteiger partial charge in [0.05, 0.1) is 17.9 Å². The van der Waals surface area contributed by atoms with E-state index in [1.54, 1.807) is 17.1 Å². The number of rotatable bonds is 5. The fourth-order valence-corrected chi connectivity index (χ4v) is 3.09. The van der Waals surface area contributed by atoms with Gasteiger partial charge in [0.2, 0.25) is 0 Å². The van der Waals surface area contributed by atoms with E-state index in [2.05, 4.69) is 26.0 Å². The van der Waals surface area contributed by atoms with Crippen LogP contribution in [0.2, 0.25) is 0 Å². The van der Waals surface area contributed by atoms with Gasteiger partial charge in [-0.15, -0.1) is 5.10 Å². The smallest absolute Gasteiger partial charge is 0.273 e. The predicted molar refractivity (Wildman–Crippen MR) is 95.9 cm³/mol. The molecule has 0 spiro atoms. The molecule has 1 fully saturated rings. The highest BCUT2D eigenvalue weighted by Gasteiger charge is 2.18. The molecule has 2 N–H and O–H groups in total. The van der Waals surface area contributed by atoms with Crippen molar-refractivity contribution in [2.75, 3.05) is 13.1 Å². The van der Waals surface area contributed by atoms with Gasteiger partial charge in [0.1, 0.15) is 0 Å². The van der Waals surface area contributed by atoms with Crippen LogP contribution in [0.4, 0.5) is 0 Å². The number of nitrogens with one attached hydrogen (secondary N) is 2. The second kappa shape index (κ2) is 7.49. The van der Waals surface area contributed by atoms with Crippen LogP contribution >= 0.6 is 0 Å². The molecule has 0 radical (unpaired) electrons. The van der Waals surface area contributed by atoms with Gasteiger partial charge in [-0.2, -0.15) is 5.10 Å². The van der Waals surface area contributed by atoms with E-state index >= 15 is 0 Å². The SMILES string of the molecule is O=C(NCc1ccc(-n2cccn2)cc1)c1cn(C2CCNCC2)nn1. The molecule has 8 heteroatoms. The Kier molecular flexibility index (Phi) is 4.74. The van der Waals surface area contributed by atoms with Crippen molar-refractivity contribution in [3.63, 3.8) is 0 Å². The maximum absolute atomic E-state index is 12.3. The number of piperidine rings is 1. The molecule has 3 heterocycles. The summed E-state index contributed by atoms with van der Waals surface area (Å²) in [4.78, 5) is 12.3. The zero-order valence-electron chi connectivity index (χ0n) is 14.4. The number of hydrogen-bond acceptors (Lipinski definition) is 5. The Labute approximate surface area is 151 Å². The van der Waals surface area contributed by atoms with Crippen molar-refractivity contribution in [2.24, 2.45) is 0 Å². The Bertz CT molecular complexity index is 848. The van der Waals surface area contributed by atoms with Crippen LogP contribution in [0.3, 0.4) is 0 Å². The number of carbonyl (C=O) groups is 1. The summed E-state index contributed by atoms with van der Waals surface area (Å²) in [5.74, 6) is -0.207. The average molecular weight is 351 g/mol. The molecule has 1 aliphatic rings. The molecule has 3 aromatic rings. The minimum atomic E-state index is -0.207. The van der Waals surface area contributed by atoms with Gasteiger partial charge in [-0.3, -0.25) is 4.79 Å². The highest BCUT2D eigenvalue weighted by molar-refractivity contribution is 5.91. The topological polar surface area (TPSA) is 89.7 Å². The summed E-state index contributed by atoms with van der Waals surface area (Å²) in [6, 6.07) is 10.1. The third-order valence-electron chi connectivity index (χ3n) is 4.58. The van der Waals surface area contributed by atoms with Crippen LogP contribution in [0, 0.1) is 0 Å². The molecule has 0 atom stereocenters. The fourth-order valence-electron chi connectivity index (χ4n) is 3.09. The van der Waals surface area contributed by atoms with Gasteiger partial charge >= 0.3 is 0 Å². The Balaban J connectivity index is 1.34. The number of nitrogens with zero attached hydrogens (tertiary/aromatic N) is 5. The maximum Gasteiger partial charge on any atom is 0.273 e. The number of carbonyl (C=O) groups excluding carboxylic acids is 1. The van der Waals surface area contributed by atoms with Crippen molar-refractivity contribution in [1.29, 1.82) is 0 Å². The van der Waals surface area contributed by atoms with Crippen LogP contribution in [0.1, 0.15) is 34.9 Å². The minimum absolute atomic E-state index is 0.207. The van der Waals surface area contributed by atoms with E-state index < -0.39 is 0 Å². The molecule has 1 amide bonds. The first-order chi connectivity index (χ1) is 12.8. The third kappa shape index (κ3) is 3.65. The summed E-state index contributed by atoms with van der Waals surface area (Å²) >= 11 is 0. The van der Waals surface area contributed by atoms with Crippen LogP contribution in [0.5, 0.6) is 0 Å². The minimum Gasteiger partial charge on any atom is -0.347 e. The van der Waals surface area contributed by atoms with Gasteiger partial charge in [0.25, 0.3) is 5.91 Å². The quantitative estimate of drug-likeness (QED) is 0.724. The standard InChI is InChI=1S/C18H21N7O/c26-18(17-13-25(23-22-17)16-6-9-19-10-7-16)20-12-14-2-4-15(5-3-14)24-11-1-8-21-24/h1-5,8,11,13,16,19H,6-7,9-10,12H2,(H,20,26). The lowest BCUT2D eigenvalue weighted by Crippen LogP contribution is -2.29. The van der Waals surface area contributed by atoms with Crippen LogP contribution in [0.15, 0.2) is 48.9 Å². The van der Waals surface area contributed by atoms with E-state index in [1.807, 2.05) is 41.2 Å². The Hall–Kier alpha value is -3.00. The van der Waals surface area contributed by atoms with Crippen molar-refractivity contribution in [3.8, 4) is 5.69 Å². The Morgan fingerprint density at radius 1 is 1.23 bits per heavy atom. The summed E-state index contributed by atoms with van der Waals surface area (Å²) in [6.45, 7) is 2.39. The molecule has 1 saturated heterocycles. The second-order valence-corrected chi connectivity index (χ2v) is 6.36. The summed E-state index contributed by atoms with van der Waals surface area (Å²) in [5.41, 5.74) is 2.35. The normalized spacial score (nSPS) is 15.1. The largest absolute Gasteiger partial charge is 0.347 e. The monoisotopic (exact) mass is 351 g/mol. The van der Waals surface area contributed by atoms with Crippen molar-refractivity contribution in [1.82, 2.24) is 35.4 Å². The third-order valence-corrected chi connectivity index (χ3v) is 4.58. The molecular weight excluding hydrogens is 330 g/mol. The van der Waals surface area contributed by atoms with E-state index in [4.69, 9.17) is 0 Å². The van der Waals surface area contributed by atoms with Gasteiger partial charge in [-0.1, -0.05) is 17.3 Å². The van der Waals surface area contributed by atoms with Crippen molar-refractivity contribution in [3.05, 3.63) is 60.2 Å². The van der Waals surface area contributed by atoms with Gasteiger partial charge in [-0.25, -0.2) is 9.36 Å². The lowest BCUT2D eigenvalue weighted by molar-refractivity contribution is 0.0946. The van der Waals surface area contributed by atoms with Crippen LogP contribution < -0.4 is 10.6 Å². The van der Waals surface area contributed by atoms with Gasteiger partial charge in [0, 0.05) is 18.9 Å². The Morgan fingerprint density at radius 3 is 2.77 bits per heavy atom. The zero-order valence-corrected chi connectivity index (χ0v) is 14.4. The molecule has 1 aromatic carbocycles. The molecular formula is C18H21N7O. The van der Waals surface area contributed by atoms with Gasteiger partial charge in [0.15, 0.2) is 5.69 Å². The Morgan fingerprint density at radius 2 is 2.04 bits per heavy atom. The number of hydrogen-bond donors (Lipinski definition) is 2. The molecule has 0 aliphatic carbocycles. The highest BCUT2D eigenvalue weighted by Crippen LogP contribution is 2.17. The number of amides is 1. The first-order valence-electron chi connectivity index (χ1n) is 8.79. The zero-order chi connectivity index (χ0) is 17.8. The number of aromatic nitrogens is 5. The van der Waals surface area contributed by atoms with E-state index in [0.29, 0.717) is 18.3 Å². The first kappa shape index (κ1) is 16.5. The van der Waals surface area contributed by atoms with E-state index in [1.165, 1.54) is 0 Å². The lowest BCUT2D eigenvalue weighted by Gasteiger charge is -2.22. The number of benzene rings is 1. The fraction of sp³-hybridized carbons (Fsp3) is 0.333. The summed E-state index contributed by atoms with van der Waals surface area (Å²) in [7, 11) is 0. The van der Waals surface area contributed by atoms with Crippen LogP contribution in [-0.2, 0) is 6.54 Å². The average Bonchev–Trinajstić information content (AvgIpc) is 3.39. The van der Waals surface area contributed by atoms with Crippen molar-refractivity contribution in [2.45, 2.75) is 25.4 Å². The second-order valence-electron chi connectivity index (χ2n) is 6.36. The van der Waals surface area contributed by atoms with Crippen molar-refractivity contribution >= 4 is 5.91 Å².